The Labute approximate surface area is 199 Å². The third kappa shape index (κ3) is 4.28. The standard InChI is InChI=1S/C25H17N5O3S/c1-15-4-2-5-17(12-15)24(32)33-19-9-7-16(8-10-19)13-20-21(26)30-25(28-22(20)31)34-23(29-30)18-6-3-11-27-14-18/h2-14,26H,1H3/b20-13-,26-21?. The Kier molecular flexibility index (Phi) is 5.60. The van der Waals surface area contributed by atoms with Crippen LogP contribution in [0.15, 0.2) is 88.7 Å². The second kappa shape index (κ2) is 8.87. The van der Waals surface area contributed by atoms with Gasteiger partial charge in [0.15, 0.2) is 5.84 Å². The highest BCUT2D eigenvalue weighted by Gasteiger charge is 2.36. The molecular weight excluding hydrogens is 450 g/mol. The van der Waals surface area contributed by atoms with E-state index in [1.807, 2.05) is 19.1 Å². The molecule has 0 saturated carbocycles. The lowest BCUT2D eigenvalue weighted by Gasteiger charge is -2.20. The Morgan fingerprint density at radius 2 is 1.94 bits per heavy atom. The van der Waals surface area contributed by atoms with Crippen LogP contribution in [0.25, 0.3) is 6.08 Å². The highest BCUT2D eigenvalue weighted by Crippen LogP contribution is 2.30. The van der Waals surface area contributed by atoms with E-state index in [4.69, 9.17) is 10.1 Å². The summed E-state index contributed by atoms with van der Waals surface area (Å²) in [4.78, 5) is 33.1. The number of pyridine rings is 1. The summed E-state index contributed by atoms with van der Waals surface area (Å²) in [6.45, 7) is 1.90. The highest BCUT2D eigenvalue weighted by molar-refractivity contribution is 8.27. The lowest BCUT2D eigenvalue weighted by atomic mass is 10.1. The van der Waals surface area contributed by atoms with Crippen LogP contribution >= 0.6 is 11.8 Å². The van der Waals surface area contributed by atoms with Crippen molar-refractivity contribution in [3.63, 3.8) is 0 Å². The number of esters is 1. The molecule has 3 aromatic rings. The van der Waals surface area contributed by atoms with Crippen LogP contribution in [-0.2, 0) is 4.79 Å². The molecule has 5 rings (SSSR count). The van der Waals surface area contributed by atoms with E-state index in [0.717, 1.165) is 11.1 Å². The largest absolute Gasteiger partial charge is 0.423 e. The van der Waals surface area contributed by atoms with E-state index in [-0.39, 0.29) is 11.4 Å². The molecule has 1 amide bonds. The predicted molar refractivity (Wildman–Crippen MR) is 131 cm³/mol. The molecule has 0 fully saturated rings. The fraction of sp³-hybridized carbons (Fsp3) is 0.0400. The number of rotatable bonds is 4. The molecule has 2 aliphatic rings. The van der Waals surface area contributed by atoms with Gasteiger partial charge in [0.1, 0.15) is 10.8 Å². The lowest BCUT2D eigenvalue weighted by molar-refractivity contribution is -0.114. The first-order chi connectivity index (χ1) is 16.5. The summed E-state index contributed by atoms with van der Waals surface area (Å²) in [6, 6.07) is 17.5. The number of ether oxygens (including phenoxy) is 1. The van der Waals surface area contributed by atoms with Gasteiger partial charge in [-0.3, -0.25) is 15.2 Å². The summed E-state index contributed by atoms with van der Waals surface area (Å²) in [6.07, 6.45) is 4.90. The molecule has 1 N–H and O–H groups in total. The van der Waals surface area contributed by atoms with Crippen LogP contribution in [-0.4, -0.2) is 37.9 Å². The Morgan fingerprint density at radius 3 is 2.68 bits per heavy atom. The van der Waals surface area contributed by atoms with Crippen molar-refractivity contribution in [2.45, 2.75) is 6.92 Å². The minimum Gasteiger partial charge on any atom is -0.423 e. The molecule has 9 heteroatoms. The van der Waals surface area contributed by atoms with Gasteiger partial charge in [0.2, 0.25) is 5.17 Å². The van der Waals surface area contributed by atoms with Gasteiger partial charge in [-0.1, -0.05) is 29.8 Å². The summed E-state index contributed by atoms with van der Waals surface area (Å²) in [5.41, 5.74) is 2.99. The second-order valence-corrected chi connectivity index (χ2v) is 8.45. The number of hydrazone groups is 1. The van der Waals surface area contributed by atoms with Crippen molar-refractivity contribution in [1.82, 2.24) is 9.99 Å². The number of aryl methyl sites for hydroxylation is 1. The quantitative estimate of drug-likeness (QED) is 0.349. The second-order valence-electron chi connectivity index (χ2n) is 7.49. The highest BCUT2D eigenvalue weighted by atomic mass is 32.2. The van der Waals surface area contributed by atoms with Crippen LogP contribution in [0.3, 0.4) is 0 Å². The van der Waals surface area contributed by atoms with Crippen LogP contribution < -0.4 is 4.74 Å². The number of hydrogen-bond donors (Lipinski definition) is 1. The molecule has 0 aliphatic carbocycles. The van der Waals surface area contributed by atoms with E-state index in [2.05, 4.69) is 15.1 Å². The number of benzene rings is 2. The fourth-order valence-corrected chi connectivity index (χ4v) is 4.22. The van der Waals surface area contributed by atoms with Crippen molar-refractivity contribution in [2.24, 2.45) is 10.1 Å². The molecule has 0 radical (unpaired) electrons. The smallest absolute Gasteiger partial charge is 0.343 e. The molecule has 2 aromatic carbocycles. The maximum atomic E-state index is 12.6. The number of fused-ring (bicyclic) bond motifs is 1. The van der Waals surface area contributed by atoms with E-state index in [1.165, 1.54) is 16.8 Å². The van der Waals surface area contributed by atoms with Crippen LogP contribution in [0.5, 0.6) is 5.75 Å². The zero-order chi connectivity index (χ0) is 23.7. The molecular formula is C25H17N5O3S. The van der Waals surface area contributed by atoms with Crippen molar-refractivity contribution in [3.05, 3.63) is 101 Å². The normalized spacial score (nSPS) is 16.3. The lowest BCUT2D eigenvalue weighted by Crippen LogP contribution is -2.35. The van der Waals surface area contributed by atoms with Gasteiger partial charge in [-0.15, -0.1) is 0 Å². The van der Waals surface area contributed by atoms with Gasteiger partial charge in [0.05, 0.1) is 11.1 Å². The fourth-order valence-electron chi connectivity index (χ4n) is 3.33. The number of thioether (sulfide) groups is 1. The third-order valence-electron chi connectivity index (χ3n) is 5.02. The molecule has 0 spiro atoms. The average Bonchev–Trinajstić information content (AvgIpc) is 3.27. The first kappa shape index (κ1) is 21.5. The van der Waals surface area contributed by atoms with Gasteiger partial charge in [0.25, 0.3) is 5.91 Å². The maximum Gasteiger partial charge on any atom is 0.343 e. The van der Waals surface area contributed by atoms with Gasteiger partial charge < -0.3 is 4.74 Å². The van der Waals surface area contributed by atoms with Gasteiger partial charge in [0, 0.05) is 18.0 Å². The molecule has 3 heterocycles. The Bertz CT molecular complexity index is 1410. The van der Waals surface area contributed by atoms with Gasteiger partial charge in [-0.25, -0.2) is 4.79 Å². The van der Waals surface area contributed by atoms with E-state index in [0.29, 0.717) is 27.1 Å². The molecule has 1 aromatic heterocycles. The summed E-state index contributed by atoms with van der Waals surface area (Å²) < 4.78 is 5.43. The van der Waals surface area contributed by atoms with Crippen LogP contribution in [0, 0.1) is 12.3 Å². The van der Waals surface area contributed by atoms with Gasteiger partial charge in [-0.2, -0.15) is 15.1 Å². The number of amidine groups is 2. The summed E-state index contributed by atoms with van der Waals surface area (Å²) in [5.74, 6) is -0.645. The van der Waals surface area contributed by atoms with E-state index in [9.17, 15) is 9.59 Å². The van der Waals surface area contributed by atoms with Crippen molar-refractivity contribution < 1.29 is 14.3 Å². The SMILES string of the molecule is Cc1cccc(C(=O)Oc2ccc(/C=C3/C(=N)N4N=C(c5cccnc5)SC4=NC3=O)cc2)c1. The molecule has 34 heavy (non-hydrogen) atoms. The molecule has 0 saturated heterocycles. The van der Waals surface area contributed by atoms with Crippen molar-refractivity contribution >= 4 is 45.8 Å². The van der Waals surface area contributed by atoms with Crippen molar-refractivity contribution in [1.29, 1.82) is 5.41 Å². The van der Waals surface area contributed by atoms with Crippen molar-refractivity contribution in [2.75, 3.05) is 0 Å². The number of aliphatic imine (C=N–C) groups is 1. The Hall–Kier alpha value is -4.37. The number of nitrogens with one attached hydrogen (secondary N) is 1. The average molecular weight is 468 g/mol. The first-order valence-corrected chi connectivity index (χ1v) is 11.1. The number of aromatic nitrogens is 1. The van der Waals surface area contributed by atoms with E-state index >= 15 is 0 Å². The maximum absolute atomic E-state index is 12.6. The topological polar surface area (TPSA) is 108 Å². The summed E-state index contributed by atoms with van der Waals surface area (Å²) in [7, 11) is 0. The number of hydrogen-bond acceptors (Lipinski definition) is 7. The molecule has 0 unspecified atom stereocenters. The van der Waals surface area contributed by atoms with E-state index < -0.39 is 11.9 Å². The molecule has 0 bridgehead atoms. The molecule has 0 atom stereocenters. The monoisotopic (exact) mass is 467 g/mol. The van der Waals surface area contributed by atoms with Gasteiger partial charge in [-0.05, 0) is 66.7 Å². The number of carbonyl (C=O) groups excluding carboxylic acids is 2. The number of nitrogens with zero attached hydrogens (tertiary/aromatic N) is 4. The minimum absolute atomic E-state index is 0.0589. The molecule has 166 valence electrons. The third-order valence-corrected chi connectivity index (χ3v) is 5.98. The van der Waals surface area contributed by atoms with Crippen molar-refractivity contribution in [3.8, 4) is 5.75 Å². The Balaban J connectivity index is 1.34. The zero-order valence-electron chi connectivity index (χ0n) is 17.9. The summed E-state index contributed by atoms with van der Waals surface area (Å²) >= 11 is 1.22. The van der Waals surface area contributed by atoms with Crippen LogP contribution in [0.1, 0.15) is 27.0 Å². The minimum atomic E-state index is -0.513. The molecule has 2 aliphatic heterocycles. The zero-order valence-corrected chi connectivity index (χ0v) is 18.7. The Morgan fingerprint density at radius 1 is 1.12 bits per heavy atom. The molecule has 8 nitrogen and oxygen atoms in total. The van der Waals surface area contributed by atoms with E-state index in [1.54, 1.807) is 67.0 Å². The van der Waals surface area contributed by atoms with Crippen LogP contribution in [0.2, 0.25) is 0 Å². The van der Waals surface area contributed by atoms with Gasteiger partial charge >= 0.3 is 5.97 Å². The number of carbonyl (C=O) groups is 2. The first-order valence-electron chi connectivity index (χ1n) is 10.3. The number of amides is 1. The predicted octanol–water partition coefficient (Wildman–Crippen LogP) is 4.28. The van der Waals surface area contributed by atoms with Crippen LogP contribution in [0.4, 0.5) is 0 Å². The summed E-state index contributed by atoms with van der Waals surface area (Å²) in [5, 5.41) is 15.2.